The lowest BCUT2D eigenvalue weighted by atomic mass is 9.86. The Labute approximate surface area is 190 Å². The number of carbonyl (C=O) groups is 2. The Morgan fingerprint density at radius 3 is 2.24 bits per heavy atom. The molecule has 2 heterocycles. The van der Waals surface area contributed by atoms with Gasteiger partial charge >= 0.3 is 11.9 Å². The molecule has 4 rings (SSSR count). The second-order valence-corrected chi connectivity index (χ2v) is 7.65. The minimum absolute atomic E-state index is 0.161. The highest BCUT2D eigenvalue weighted by molar-refractivity contribution is 5.95. The Kier molecular flexibility index (Phi) is 5.77. The van der Waals surface area contributed by atoms with Crippen molar-refractivity contribution in [2.45, 2.75) is 30.5 Å². The van der Waals surface area contributed by atoms with E-state index < -0.39 is 77.8 Å². The van der Waals surface area contributed by atoms with Crippen LogP contribution in [0.1, 0.15) is 32.4 Å². The van der Waals surface area contributed by atoms with Crippen LogP contribution in [0.4, 0.5) is 0 Å². The van der Waals surface area contributed by atoms with E-state index in [2.05, 4.69) is 0 Å². The van der Waals surface area contributed by atoms with Crippen molar-refractivity contribution in [3.63, 3.8) is 0 Å². The van der Waals surface area contributed by atoms with E-state index in [1.807, 2.05) is 0 Å². The minimum Gasteiger partial charge on any atom is -0.504 e. The molecule has 1 saturated heterocycles. The highest BCUT2D eigenvalue weighted by atomic mass is 16.6. The van der Waals surface area contributed by atoms with E-state index >= 15 is 0 Å². The summed E-state index contributed by atoms with van der Waals surface area (Å²) in [6.07, 6.45) is -7.53. The lowest BCUT2D eigenvalue weighted by Gasteiger charge is -2.44. The highest BCUT2D eigenvalue weighted by Crippen LogP contribution is 2.50. The van der Waals surface area contributed by atoms with Gasteiger partial charge in [0.1, 0.15) is 31.0 Å². The normalized spacial score (nSPS) is 25.6. The number of carbonyl (C=O) groups excluding carboxylic acids is 2. The lowest BCUT2D eigenvalue weighted by molar-refractivity contribution is -0.235. The number of phenols is 5. The number of esters is 2. The Hall–Kier alpha value is -3.94. The maximum atomic E-state index is 12.4. The van der Waals surface area contributed by atoms with Crippen LogP contribution in [0.15, 0.2) is 18.2 Å². The number of phenolic OH excluding ortho intramolecular Hbond substituents is 5. The molecule has 34 heavy (non-hydrogen) atoms. The largest absolute Gasteiger partial charge is 0.504 e. The van der Waals surface area contributed by atoms with Crippen molar-refractivity contribution in [3.05, 3.63) is 34.9 Å². The van der Waals surface area contributed by atoms with E-state index in [9.17, 15) is 45.3 Å². The number of hydrogen-bond acceptors (Lipinski definition) is 13. The molecule has 7 N–H and O–H groups in total. The standard InChI is InChI=1S/C21H20O13/c1-31-17-10(24)4-7-12(15(17)27)18-19(34-21(7)30)16(28)14(26)11(33-18)5-32-20(29)6-2-8(22)13(25)9(23)3-6/h2-4,11,14,16,18-19,22-28H,5H2,1H3/t11-,14-,16+,18?,19?/m1/s1. The Balaban J connectivity index is 1.60. The third-order valence-electron chi connectivity index (χ3n) is 5.60. The molecule has 2 aromatic rings. The number of aromatic hydroxyl groups is 5. The van der Waals surface area contributed by atoms with E-state index in [1.165, 1.54) is 7.11 Å². The number of aliphatic hydroxyl groups excluding tert-OH is 2. The molecule has 0 saturated carbocycles. The summed E-state index contributed by atoms with van der Waals surface area (Å²) < 4.78 is 20.8. The summed E-state index contributed by atoms with van der Waals surface area (Å²) in [6, 6.07) is 2.67. The van der Waals surface area contributed by atoms with Gasteiger partial charge in [-0.1, -0.05) is 0 Å². The number of hydrogen-bond donors (Lipinski definition) is 7. The van der Waals surface area contributed by atoms with Crippen LogP contribution in [-0.4, -0.2) is 85.8 Å². The Bertz CT molecular complexity index is 1140. The average Bonchev–Trinajstić information content (AvgIpc) is 2.79. The van der Waals surface area contributed by atoms with Gasteiger partial charge in [-0.3, -0.25) is 0 Å². The topological polar surface area (TPSA) is 213 Å². The number of ether oxygens (including phenoxy) is 4. The fraction of sp³-hybridized carbons (Fsp3) is 0.333. The van der Waals surface area contributed by atoms with Crippen LogP contribution in [-0.2, 0) is 14.2 Å². The highest BCUT2D eigenvalue weighted by Gasteiger charge is 2.52. The first kappa shape index (κ1) is 23.2. The minimum atomic E-state index is -1.71. The predicted molar refractivity (Wildman–Crippen MR) is 107 cm³/mol. The molecule has 0 spiro atoms. The summed E-state index contributed by atoms with van der Waals surface area (Å²) in [4.78, 5) is 24.7. The van der Waals surface area contributed by atoms with Crippen LogP contribution in [0.5, 0.6) is 34.5 Å². The quantitative estimate of drug-likeness (QED) is 0.223. The van der Waals surface area contributed by atoms with Gasteiger partial charge in [-0.2, -0.15) is 0 Å². The molecule has 2 unspecified atom stereocenters. The molecular formula is C21H20O13. The number of aliphatic hydroxyl groups is 2. The third-order valence-corrected chi connectivity index (χ3v) is 5.60. The molecule has 5 atom stereocenters. The van der Waals surface area contributed by atoms with Crippen molar-refractivity contribution in [2.24, 2.45) is 0 Å². The average molecular weight is 480 g/mol. The van der Waals surface area contributed by atoms with Crippen LogP contribution in [0.25, 0.3) is 0 Å². The zero-order valence-electron chi connectivity index (χ0n) is 17.4. The van der Waals surface area contributed by atoms with Crippen molar-refractivity contribution >= 4 is 11.9 Å². The van der Waals surface area contributed by atoms with Gasteiger partial charge in [0.25, 0.3) is 0 Å². The van der Waals surface area contributed by atoms with Crippen molar-refractivity contribution in [2.75, 3.05) is 13.7 Å². The maximum Gasteiger partial charge on any atom is 0.339 e. The first-order valence-corrected chi connectivity index (χ1v) is 9.82. The number of benzene rings is 2. The van der Waals surface area contributed by atoms with E-state index in [4.69, 9.17) is 18.9 Å². The summed E-state index contributed by atoms with van der Waals surface area (Å²) in [5.74, 6) is -5.97. The van der Waals surface area contributed by atoms with Gasteiger partial charge in [-0.05, 0) is 18.2 Å². The van der Waals surface area contributed by atoms with Crippen molar-refractivity contribution in [3.8, 4) is 34.5 Å². The molecule has 2 aliphatic heterocycles. The molecule has 1 fully saturated rings. The van der Waals surface area contributed by atoms with Crippen molar-refractivity contribution in [1.82, 2.24) is 0 Å². The number of methoxy groups -OCH3 is 1. The molecule has 0 aliphatic carbocycles. The Morgan fingerprint density at radius 2 is 1.62 bits per heavy atom. The number of fused-ring (bicyclic) bond motifs is 3. The molecule has 0 aromatic heterocycles. The number of rotatable bonds is 4. The molecule has 0 radical (unpaired) electrons. The first-order chi connectivity index (χ1) is 16.0. The molecule has 0 bridgehead atoms. The van der Waals surface area contributed by atoms with Crippen LogP contribution >= 0.6 is 0 Å². The maximum absolute atomic E-state index is 12.4. The van der Waals surface area contributed by atoms with E-state index in [1.54, 1.807) is 0 Å². The van der Waals surface area contributed by atoms with Crippen LogP contribution in [0.2, 0.25) is 0 Å². The Morgan fingerprint density at radius 1 is 0.971 bits per heavy atom. The van der Waals surface area contributed by atoms with Gasteiger partial charge in [-0.15, -0.1) is 0 Å². The summed E-state index contributed by atoms with van der Waals surface area (Å²) in [7, 11) is 1.17. The van der Waals surface area contributed by atoms with E-state index in [-0.39, 0.29) is 22.4 Å². The molecule has 0 amide bonds. The van der Waals surface area contributed by atoms with Gasteiger partial charge in [0.15, 0.2) is 34.9 Å². The molecule has 2 aliphatic rings. The smallest absolute Gasteiger partial charge is 0.339 e. The van der Waals surface area contributed by atoms with Gasteiger partial charge < -0.3 is 54.7 Å². The van der Waals surface area contributed by atoms with Crippen molar-refractivity contribution < 1.29 is 64.3 Å². The summed E-state index contributed by atoms with van der Waals surface area (Å²) in [5.41, 5.74) is -0.746. The third kappa shape index (κ3) is 3.65. The zero-order valence-corrected chi connectivity index (χ0v) is 17.4. The van der Waals surface area contributed by atoms with Gasteiger partial charge in [0.05, 0.1) is 18.2 Å². The molecule has 13 nitrogen and oxygen atoms in total. The van der Waals surface area contributed by atoms with Gasteiger partial charge in [0, 0.05) is 5.56 Å². The second-order valence-electron chi connectivity index (χ2n) is 7.65. The lowest BCUT2D eigenvalue weighted by Crippen LogP contribution is -2.58. The molecular weight excluding hydrogens is 460 g/mol. The summed E-state index contributed by atoms with van der Waals surface area (Å²) in [6.45, 7) is -0.637. The summed E-state index contributed by atoms with van der Waals surface area (Å²) >= 11 is 0. The van der Waals surface area contributed by atoms with Crippen LogP contribution < -0.4 is 4.74 Å². The van der Waals surface area contributed by atoms with E-state index in [0.717, 1.165) is 18.2 Å². The second kappa shape index (κ2) is 8.44. The molecule has 2 aromatic carbocycles. The molecule has 13 heteroatoms. The van der Waals surface area contributed by atoms with Gasteiger partial charge in [-0.25, -0.2) is 9.59 Å². The van der Waals surface area contributed by atoms with E-state index in [0.29, 0.717) is 0 Å². The van der Waals surface area contributed by atoms with Gasteiger partial charge in [0.2, 0.25) is 5.75 Å². The monoisotopic (exact) mass is 480 g/mol. The summed E-state index contributed by atoms with van der Waals surface area (Å²) in [5, 5.41) is 70.0. The van der Waals surface area contributed by atoms with Crippen LogP contribution in [0, 0.1) is 0 Å². The fourth-order valence-electron chi connectivity index (χ4n) is 3.90. The SMILES string of the molecule is COc1c(O)cc2c(c1O)C1O[C@H](COC(=O)c3cc(O)c(O)c(O)c3)[C@@H](O)[C@H](O)C1OC2=O. The van der Waals surface area contributed by atoms with Crippen molar-refractivity contribution in [1.29, 1.82) is 0 Å². The fourth-order valence-corrected chi connectivity index (χ4v) is 3.90. The predicted octanol–water partition coefficient (Wildman–Crippen LogP) is -0.219. The zero-order chi connectivity index (χ0) is 24.9. The first-order valence-electron chi connectivity index (χ1n) is 9.82. The molecule has 182 valence electrons. The van der Waals surface area contributed by atoms with Crippen LogP contribution in [0.3, 0.4) is 0 Å².